The number of rotatable bonds is 5. The lowest BCUT2D eigenvalue weighted by Crippen LogP contribution is -2.24. The second kappa shape index (κ2) is 5.94. The molecule has 0 saturated heterocycles. The highest BCUT2D eigenvalue weighted by Gasteiger charge is 2.41. The van der Waals surface area contributed by atoms with E-state index in [2.05, 4.69) is 0 Å². The Morgan fingerprint density at radius 3 is 2.40 bits per heavy atom. The minimum Gasteiger partial charge on any atom is -0.346 e. The molecule has 1 aromatic heterocycles. The van der Waals surface area contributed by atoms with Gasteiger partial charge in [0.25, 0.3) is 0 Å². The molecule has 2 nitrogen and oxygen atoms in total. The standard InChI is InChI=1S/C15H14F3NO/c16-15(17,18)13(8-10-20)14-7-4-9-19(14)11-12-5-2-1-3-6-12/h1-7,9-10,13H,8,11H2/t13-/m1/s1. The van der Waals surface area contributed by atoms with E-state index in [1.54, 1.807) is 12.3 Å². The predicted molar refractivity (Wildman–Crippen MR) is 69.5 cm³/mol. The van der Waals surface area contributed by atoms with E-state index < -0.39 is 18.5 Å². The Morgan fingerprint density at radius 2 is 1.80 bits per heavy atom. The van der Waals surface area contributed by atoms with Gasteiger partial charge in [-0.2, -0.15) is 13.2 Å². The predicted octanol–water partition coefficient (Wildman–Crippen LogP) is 3.77. The number of benzene rings is 1. The summed E-state index contributed by atoms with van der Waals surface area (Å²) in [5.41, 5.74) is 1.03. The van der Waals surface area contributed by atoms with Crippen molar-refractivity contribution in [3.63, 3.8) is 0 Å². The number of halogens is 3. The van der Waals surface area contributed by atoms with Crippen molar-refractivity contribution in [3.05, 3.63) is 59.9 Å². The number of carbonyl (C=O) groups excluding carboxylic acids is 1. The lowest BCUT2D eigenvalue weighted by atomic mass is 10.0. The Hall–Kier alpha value is -2.04. The van der Waals surface area contributed by atoms with Crippen LogP contribution in [-0.4, -0.2) is 17.0 Å². The van der Waals surface area contributed by atoms with E-state index in [4.69, 9.17) is 0 Å². The van der Waals surface area contributed by atoms with Gasteiger partial charge in [0.1, 0.15) is 12.2 Å². The molecule has 0 unspecified atom stereocenters. The number of aromatic nitrogens is 1. The number of nitrogens with zero attached hydrogens (tertiary/aromatic N) is 1. The summed E-state index contributed by atoms with van der Waals surface area (Å²) in [5.74, 6) is -1.75. The van der Waals surface area contributed by atoms with Crippen LogP contribution >= 0.6 is 0 Å². The third kappa shape index (κ3) is 3.29. The maximum absolute atomic E-state index is 13.0. The summed E-state index contributed by atoms with van der Waals surface area (Å²) in [6, 6.07) is 12.2. The highest BCUT2D eigenvalue weighted by molar-refractivity contribution is 5.51. The van der Waals surface area contributed by atoms with E-state index in [0.29, 0.717) is 12.8 Å². The van der Waals surface area contributed by atoms with Crippen LogP contribution in [-0.2, 0) is 11.3 Å². The molecule has 5 heteroatoms. The van der Waals surface area contributed by atoms with Crippen molar-refractivity contribution >= 4 is 6.29 Å². The van der Waals surface area contributed by atoms with Crippen LogP contribution in [0.15, 0.2) is 48.7 Å². The summed E-state index contributed by atoms with van der Waals surface area (Å²) in [5, 5.41) is 0. The van der Waals surface area contributed by atoms with Crippen molar-refractivity contribution in [1.82, 2.24) is 4.57 Å². The molecule has 0 amide bonds. The Kier molecular flexibility index (Phi) is 4.27. The Labute approximate surface area is 114 Å². The average molecular weight is 281 g/mol. The highest BCUT2D eigenvalue weighted by Crippen LogP contribution is 2.37. The van der Waals surface area contributed by atoms with Crippen molar-refractivity contribution in [2.45, 2.75) is 25.1 Å². The summed E-state index contributed by atoms with van der Waals surface area (Å²) in [6.07, 6.45) is -3.06. The van der Waals surface area contributed by atoms with Crippen LogP contribution in [0.5, 0.6) is 0 Å². The van der Waals surface area contributed by atoms with Crippen LogP contribution < -0.4 is 0 Å². The van der Waals surface area contributed by atoms with E-state index in [-0.39, 0.29) is 5.69 Å². The van der Waals surface area contributed by atoms with Crippen molar-refractivity contribution in [3.8, 4) is 0 Å². The van der Waals surface area contributed by atoms with Crippen LogP contribution in [0.3, 0.4) is 0 Å². The monoisotopic (exact) mass is 281 g/mol. The number of hydrogen-bond donors (Lipinski definition) is 0. The molecule has 106 valence electrons. The van der Waals surface area contributed by atoms with Crippen LogP contribution in [0.4, 0.5) is 13.2 Å². The van der Waals surface area contributed by atoms with E-state index in [9.17, 15) is 18.0 Å². The molecular formula is C15H14F3NO. The summed E-state index contributed by atoms with van der Waals surface area (Å²) in [6.45, 7) is 0.356. The molecular weight excluding hydrogens is 267 g/mol. The Bertz CT molecular complexity index is 560. The van der Waals surface area contributed by atoms with Gasteiger partial charge < -0.3 is 9.36 Å². The second-order valence-corrected chi connectivity index (χ2v) is 4.54. The normalized spacial score (nSPS) is 13.2. The van der Waals surface area contributed by atoms with Gasteiger partial charge in [-0.25, -0.2) is 0 Å². The van der Waals surface area contributed by atoms with Gasteiger partial charge in [-0.15, -0.1) is 0 Å². The molecule has 0 bridgehead atoms. The van der Waals surface area contributed by atoms with Crippen LogP contribution in [0.25, 0.3) is 0 Å². The molecule has 0 N–H and O–H groups in total. The number of alkyl halides is 3. The van der Waals surface area contributed by atoms with Gasteiger partial charge in [0, 0.05) is 24.9 Å². The maximum atomic E-state index is 13.0. The van der Waals surface area contributed by atoms with Crippen molar-refractivity contribution in [1.29, 1.82) is 0 Å². The summed E-state index contributed by atoms with van der Waals surface area (Å²) < 4.78 is 40.6. The number of aldehydes is 1. The van der Waals surface area contributed by atoms with Crippen molar-refractivity contribution in [2.75, 3.05) is 0 Å². The first kappa shape index (κ1) is 14.4. The first-order valence-electron chi connectivity index (χ1n) is 6.21. The van der Waals surface area contributed by atoms with E-state index in [0.717, 1.165) is 5.56 Å². The van der Waals surface area contributed by atoms with Gasteiger partial charge in [0.15, 0.2) is 0 Å². The third-order valence-corrected chi connectivity index (χ3v) is 3.14. The molecule has 0 saturated carbocycles. The van der Waals surface area contributed by atoms with Gasteiger partial charge >= 0.3 is 6.18 Å². The third-order valence-electron chi connectivity index (χ3n) is 3.14. The highest BCUT2D eigenvalue weighted by atomic mass is 19.4. The van der Waals surface area contributed by atoms with Gasteiger partial charge in [-0.05, 0) is 17.7 Å². The minimum atomic E-state index is -4.42. The largest absolute Gasteiger partial charge is 0.397 e. The summed E-state index contributed by atoms with van der Waals surface area (Å²) >= 11 is 0. The average Bonchev–Trinajstić information content (AvgIpc) is 2.83. The maximum Gasteiger partial charge on any atom is 0.397 e. The molecule has 0 fully saturated rings. The number of carbonyl (C=O) groups is 1. The zero-order chi connectivity index (χ0) is 14.6. The number of hydrogen-bond acceptors (Lipinski definition) is 1. The molecule has 0 aliphatic heterocycles. The summed E-state index contributed by atoms with van der Waals surface area (Å²) in [4.78, 5) is 10.5. The zero-order valence-corrected chi connectivity index (χ0v) is 10.7. The first-order valence-corrected chi connectivity index (χ1v) is 6.21. The first-order chi connectivity index (χ1) is 9.52. The lowest BCUT2D eigenvalue weighted by molar-refractivity contribution is -0.155. The smallest absolute Gasteiger partial charge is 0.346 e. The topological polar surface area (TPSA) is 22.0 Å². The van der Waals surface area contributed by atoms with E-state index in [1.165, 1.54) is 10.6 Å². The van der Waals surface area contributed by atoms with Gasteiger partial charge in [-0.1, -0.05) is 30.3 Å². The van der Waals surface area contributed by atoms with Crippen LogP contribution in [0.1, 0.15) is 23.6 Å². The molecule has 0 spiro atoms. The fraction of sp³-hybridized carbons (Fsp3) is 0.267. The molecule has 0 aliphatic carbocycles. The molecule has 1 aromatic carbocycles. The van der Waals surface area contributed by atoms with Crippen molar-refractivity contribution < 1.29 is 18.0 Å². The van der Waals surface area contributed by atoms with Gasteiger partial charge in [-0.3, -0.25) is 0 Å². The second-order valence-electron chi connectivity index (χ2n) is 4.54. The SMILES string of the molecule is O=CC[C@H](c1cccn1Cc1ccccc1)C(F)(F)F. The quantitative estimate of drug-likeness (QED) is 0.765. The van der Waals surface area contributed by atoms with Crippen LogP contribution in [0.2, 0.25) is 0 Å². The van der Waals surface area contributed by atoms with Gasteiger partial charge in [0.05, 0.1) is 0 Å². The minimum absolute atomic E-state index is 0.119. The molecule has 2 aromatic rings. The Morgan fingerprint density at radius 1 is 1.10 bits per heavy atom. The molecule has 1 atom stereocenters. The molecule has 0 radical (unpaired) electrons. The zero-order valence-electron chi connectivity index (χ0n) is 10.7. The summed E-state index contributed by atoms with van der Waals surface area (Å²) in [7, 11) is 0. The van der Waals surface area contributed by atoms with Crippen molar-refractivity contribution in [2.24, 2.45) is 0 Å². The molecule has 1 heterocycles. The fourth-order valence-electron chi connectivity index (χ4n) is 2.19. The fourth-order valence-corrected chi connectivity index (χ4v) is 2.19. The van der Waals surface area contributed by atoms with E-state index in [1.807, 2.05) is 30.3 Å². The Balaban J connectivity index is 2.29. The van der Waals surface area contributed by atoms with Crippen LogP contribution in [0, 0.1) is 0 Å². The van der Waals surface area contributed by atoms with Gasteiger partial charge in [0.2, 0.25) is 0 Å². The van der Waals surface area contributed by atoms with E-state index >= 15 is 0 Å². The molecule has 20 heavy (non-hydrogen) atoms. The molecule has 2 rings (SSSR count). The molecule has 0 aliphatic rings. The lowest BCUT2D eigenvalue weighted by Gasteiger charge is -2.20.